The highest BCUT2D eigenvalue weighted by molar-refractivity contribution is 7.08. The van der Waals surface area contributed by atoms with Crippen molar-refractivity contribution >= 4 is 11.3 Å². The van der Waals surface area contributed by atoms with Gasteiger partial charge >= 0.3 is 0 Å². The zero-order valence-electron chi connectivity index (χ0n) is 11.6. The van der Waals surface area contributed by atoms with E-state index in [0.29, 0.717) is 6.54 Å². The fourth-order valence-electron chi connectivity index (χ4n) is 2.05. The summed E-state index contributed by atoms with van der Waals surface area (Å²) in [5.41, 5.74) is 0.764. The molecule has 108 valence electrons. The van der Waals surface area contributed by atoms with Crippen molar-refractivity contribution in [2.45, 2.75) is 31.9 Å². The second kappa shape index (κ2) is 6.43. The van der Waals surface area contributed by atoms with Gasteiger partial charge in [0.2, 0.25) is 0 Å². The van der Waals surface area contributed by atoms with Gasteiger partial charge in [0.1, 0.15) is 11.4 Å². The lowest BCUT2D eigenvalue weighted by Gasteiger charge is -2.26. The van der Waals surface area contributed by atoms with Gasteiger partial charge in [-0.3, -0.25) is 4.98 Å². The summed E-state index contributed by atoms with van der Waals surface area (Å²) in [5.74, 6) is -0.339. The standard InChI is InChI=1S/C15H19FN2OS/c1-3-13(14-5-4-12(16)8-17-14)18-10-15(2,19)11-6-7-20-9-11/h4-9,13,18-19H,3,10H2,1-2H3. The molecule has 2 aromatic heterocycles. The maximum absolute atomic E-state index is 12.9. The summed E-state index contributed by atoms with van der Waals surface area (Å²) in [4.78, 5) is 4.10. The predicted octanol–water partition coefficient (Wildman–Crippen LogP) is 3.23. The molecule has 0 aliphatic rings. The summed E-state index contributed by atoms with van der Waals surface area (Å²) >= 11 is 1.56. The lowest BCUT2D eigenvalue weighted by molar-refractivity contribution is 0.0539. The number of hydrogen-bond donors (Lipinski definition) is 2. The summed E-state index contributed by atoms with van der Waals surface area (Å²) in [5, 5.41) is 17.7. The van der Waals surface area contributed by atoms with Gasteiger partial charge in [0.25, 0.3) is 0 Å². The number of aliphatic hydroxyl groups is 1. The molecule has 20 heavy (non-hydrogen) atoms. The molecule has 2 N–H and O–H groups in total. The first kappa shape index (κ1) is 15.1. The van der Waals surface area contributed by atoms with Crippen molar-refractivity contribution in [3.05, 3.63) is 52.2 Å². The van der Waals surface area contributed by atoms with E-state index in [4.69, 9.17) is 0 Å². The minimum atomic E-state index is -0.923. The zero-order valence-corrected chi connectivity index (χ0v) is 12.5. The summed E-state index contributed by atoms with van der Waals surface area (Å²) in [6.07, 6.45) is 2.04. The van der Waals surface area contributed by atoms with Crippen molar-refractivity contribution in [1.29, 1.82) is 0 Å². The number of aromatic nitrogens is 1. The molecular formula is C15H19FN2OS. The quantitative estimate of drug-likeness (QED) is 0.860. The maximum Gasteiger partial charge on any atom is 0.141 e. The van der Waals surface area contributed by atoms with Crippen molar-refractivity contribution in [3.63, 3.8) is 0 Å². The van der Waals surface area contributed by atoms with Crippen LogP contribution in [-0.4, -0.2) is 16.6 Å². The molecule has 0 radical (unpaired) electrons. The first-order valence-electron chi connectivity index (χ1n) is 6.63. The average Bonchev–Trinajstić information content (AvgIpc) is 2.96. The summed E-state index contributed by atoms with van der Waals surface area (Å²) in [7, 11) is 0. The Morgan fingerprint density at radius 1 is 1.45 bits per heavy atom. The summed E-state index contributed by atoms with van der Waals surface area (Å²) < 4.78 is 12.9. The van der Waals surface area contributed by atoms with Crippen LogP contribution in [0.25, 0.3) is 0 Å². The van der Waals surface area contributed by atoms with Crippen LogP contribution >= 0.6 is 11.3 Å². The predicted molar refractivity (Wildman–Crippen MR) is 79.1 cm³/mol. The summed E-state index contributed by atoms with van der Waals surface area (Å²) in [6, 6.07) is 5.00. The van der Waals surface area contributed by atoms with Crippen LogP contribution in [0.4, 0.5) is 4.39 Å². The van der Waals surface area contributed by atoms with E-state index >= 15 is 0 Å². The normalized spacial score (nSPS) is 15.8. The minimum Gasteiger partial charge on any atom is -0.384 e. The van der Waals surface area contributed by atoms with Gasteiger partial charge in [0.15, 0.2) is 0 Å². The molecular weight excluding hydrogens is 275 g/mol. The fourth-order valence-corrected chi connectivity index (χ4v) is 2.83. The third-order valence-corrected chi connectivity index (χ3v) is 4.03. The minimum absolute atomic E-state index is 0.000658. The van der Waals surface area contributed by atoms with Gasteiger partial charge in [-0.15, -0.1) is 0 Å². The molecule has 2 aromatic rings. The highest BCUT2D eigenvalue weighted by atomic mass is 32.1. The van der Waals surface area contributed by atoms with Crippen molar-refractivity contribution < 1.29 is 9.50 Å². The Morgan fingerprint density at radius 3 is 2.80 bits per heavy atom. The zero-order chi connectivity index (χ0) is 14.6. The number of pyridine rings is 1. The Hall–Kier alpha value is -1.30. The Balaban J connectivity index is 2.02. The van der Waals surface area contributed by atoms with E-state index in [1.807, 2.05) is 23.8 Å². The molecule has 2 heterocycles. The van der Waals surface area contributed by atoms with Crippen LogP contribution in [0.2, 0.25) is 0 Å². The van der Waals surface area contributed by atoms with Gasteiger partial charge in [0, 0.05) is 12.6 Å². The van der Waals surface area contributed by atoms with Gasteiger partial charge in [-0.25, -0.2) is 4.39 Å². The van der Waals surface area contributed by atoms with Crippen molar-refractivity contribution in [2.24, 2.45) is 0 Å². The maximum atomic E-state index is 12.9. The van der Waals surface area contributed by atoms with Gasteiger partial charge in [-0.05, 0) is 47.9 Å². The van der Waals surface area contributed by atoms with Crippen LogP contribution in [0.1, 0.15) is 37.6 Å². The number of nitrogens with zero attached hydrogens (tertiary/aromatic N) is 1. The van der Waals surface area contributed by atoms with E-state index in [2.05, 4.69) is 10.3 Å². The van der Waals surface area contributed by atoms with E-state index in [1.165, 1.54) is 12.3 Å². The lowest BCUT2D eigenvalue weighted by atomic mass is 9.98. The van der Waals surface area contributed by atoms with Gasteiger partial charge in [-0.2, -0.15) is 11.3 Å². The number of halogens is 1. The third-order valence-electron chi connectivity index (χ3n) is 3.35. The molecule has 2 rings (SSSR count). The fraction of sp³-hybridized carbons (Fsp3) is 0.400. The Kier molecular flexibility index (Phi) is 4.86. The van der Waals surface area contributed by atoms with Gasteiger partial charge in [-0.1, -0.05) is 6.92 Å². The molecule has 0 spiro atoms. The molecule has 0 aliphatic carbocycles. The van der Waals surface area contributed by atoms with Crippen LogP contribution in [0.15, 0.2) is 35.2 Å². The van der Waals surface area contributed by atoms with E-state index in [1.54, 1.807) is 24.3 Å². The SMILES string of the molecule is CCC(NCC(C)(O)c1ccsc1)c1ccc(F)cn1. The van der Waals surface area contributed by atoms with Crippen LogP contribution in [-0.2, 0) is 5.60 Å². The Labute approximate surface area is 122 Å². The molecule has 0 fully saturated rings. The first-order chi connectivity index (χ1) is 9.53. The van der Waals surface area contributed by atoms with Gasteiger partial charge < -0.3 is 10.4 Å². The Bertz CT molecular complexity index is 525. The van der Waals surface area contributed by atoms with E-state index in [-0.39, 0.29) is 11.9 Å². The van der Waals surface area contributed by atoms with Crippen molar-refractivity contribution in [1.82, 2.24) is 10.3 Å². The van der Waals surface area contributed by atoms with Gasteiger partial charge in [0.05, 0.1) is 11.9 Å². The van der Waals surface area contributed by atoms with Crippen LogP contribution in [0.5, 0.6) is 0 Å². The third kappa shape index (κ3) is 3.62. The molecule has 0 bridgehead atoms. The molecule has 2 atom stereocenters. The number of rotatable bonds is 6. The van der Waals surface area contributed by atoms with Crippen LogP contribution in [0.3, 0.4) is 0 Å². The van der Waals surface area contributed by atoms with E-state index in [0.717, 1.165) is 17.7 Å². The lowest BCUT2D eigenvalue weighted by Crippen LogP contribution is -2.37. The van der Waals surface area contributed by atoms with Crippen LogP contribution < -0.4 is 5.32 Å². The number of thiophene rings is 1. The average molecular weight is 294 g/mol. The Morgan fingerprint density at radius 2 is 2.25 bits per heavy atom. The molecule has 5 heteroatoms. The number of hydrogen-bond acceptors (Lipinski definition) is 4. The monoisotopic (exact) mass is 294 g/mol. The molecule has 0 saturated heterocycles. The van der Waals surface area contributed by atoms with E-state index < -0.39 is 5.60 Å². The molecule has 0 aromatic carbocycles. The highest BCUT2D eigenvalue weighted by Crippen LogP contribution is 2.24. The summed E-state index contributed by atoms with van der Waals surface area (Å²) in [6.45, 7) is 4.23. The molecule has 0 saturated carbocycles. The number of nitrogens with one attached hydrogen (secondary N) is 1. The first-order valence-corrected chi connectivity index (χ1v) is 7.57. The molecule has 3 nitrogen and oxygen atoms in total. The molecule has 0 aliphatic heterocycles. The largest absolute Gasteiger partial charge is 0.384 e. The van der Waals surface area contributed by atoms with Crippen molar-refractivity contribution in [3.8, 4) is 0 Å². The molecule has 0 amide bonds. The topological polar surface area (TPSA) is 45.1 Å². The highest BCUT2D eigenvalue weighted by Gasteiger charge is 2.24. The second-order valence-corrected chi connectivity index (χ2v) is 5.81. The smallest absolute Gasteiger partial charge is 0.141 e. The van der Waals surface area contributed by atoms with Crippen LogP contribution in [0, 0.1) is 5.82 Å². The molecule has 2 unspecified atom stereocenters. The van der Waals surface area contributed by atoms with E-state index in [9.17, 15) is 9.50 Å². The second-order valence-electron chi connectivity index (χ2n) is 5.03. The van der Waals surface area contributed by atoms with Crippen molar-refractivity contribution in [2.75, 3.05) is 6.54 Å².